The normalized spacial score (nSPS) is 18.5. The van der Waals surface area contributed by atoms with Crippen LogP contribution in [0, 0.1) is 18.8 Å². The lowest BCUT2D eigenvalue weighted by Gasteiger charge is -2.33. The van der Waals surface area contributed by atoms with Crippen LogP contribution in [0.4, 0.5) is 11.6 Å². The van der Waals surface area contributed by atoms with Gasteiger partial charge >= 0.3 is 0 Å². The molecule has 1 N–H and O–H groups in total. The first-order chi connectivity index (χ1) is 14.6. The highest BCUT2D eigenvalue weighted by Crippen LogP contribution is 2.25. The van der Waals surface area contributed by atoms with E-state index in [4.69, 9.17) is 0 Å². The number of carbonyl (C=O) groups is 1. The summed E-state index contributed by atoms with van der Waals surface area (Å²) in [4.78, 5) is 17.2. The first kappa shape index (κ1) is 20.6. The summed E-state index contributed by atoms with van der Waals surface area (Å²) in [6, 6.07) is 12.4. The number of hydrogen-bond donors (Lipinski definition) is 1. The van der Waals surface area contributed by atoms with Gasteiger partial charge in [-0.1, -0.05) is 31.2 Å². The maximum absolute atomic E-state index is 12.6. The Morgan fingerprint density at radius 1 is 0.933 bits per heavy atom. The number of amides is 1. The monoisotopic (exact) mass is 407 g/mol. The summed E-state index contributed by atoms with van der Waals surface area (Å²) in [7, 11) is 0. The lowest BCUT2D eigenvalue weighted by atomic mass is 9.95. The minimum Gasteiger partial charge on any atom is -0.355 e. The van der Waals surface area contributed by atoms with Crippen molar-refractivity contribution >= 4 is 17.5 Å². The fraction of sp³-hybridized carbons (Fsp3) is 0.542. The van der Waals surface area contributed by atoms with Crippen LogP contribution >= 0.6 is 0 Å². The Labute approximate surface area is 179 Å². The predicted molar refractivity (Wildman–Crippen MR) is 121 cm³/mol. The standard InChI is InChI=1S/C24H33N5O/c1-18-9-13-28(14-10-18)22-7-8-23(27-26-22)29-15-11-20(12-16-29)24(30)25-17-21-6-4-3-5-19(21)2/h3-8,18,20H,9-17H2,1-2H3,(H,25,30). The molecular formula is C24H33N5O. The molecule has 2 aromatic rings. The van der Waals surface area contributed by atoms with Gasteiger partial charge in [0.05, 0.1) is 0 Å². The van der Waals surface area contributed by atoms with Crippen LogP contribution in [0.15, 0.2) is 36.4 Å². The van der Waals surface area contributed by atoms with Crippen LogP contribution in [-0.2, 0) is 11.3 Å². The van der Waals surface area contributed by atoms with Gasteiger partial charge in [-0.15, -0.1) is 10.2 Å². The van der Waals surface area contributed by atoms with E-state index in [1.165, 1.54) is 24.0 Å². The molecule has 160 valence electrons. The molecule has 0 aliphatic carbocycles. The Morgan fingerprint density at radius 2 is 1.50 bits per heavy atom. The number of hydrogen-bond acceptors (Lipinski definition) is 5. The molecule has 6 heteroatoms. The van der Waals surface area contributed by atoms with Gasteiger partial charge in [-0.25, -0.2) is 0 Å². The van der Waals surface area contributed by atoms with Gasteiger partial charge in [-0.3, -0.25) is 4.79 Å². The first-order valence-corrected chi connectivity index (χ1v) is 11.3. The molecule has 0 bridgehead atoms. The van der Waals surface area contributed by atoms with Crippen molar-refractivity contribution in [1.82, 2.24) is 15.5 Å². The molecule has 1 aromatic heterocycles. The minimum absolute atomic E-state index is 0.0767. The van der Waals surface area contributed by atoms with Crippen LogP contribution < -0.4 is 15.1 Å². The number of benzene rings is 1. The maximum atomic E-state index is 12.6. The third kappa shape index (κ3) is 4.91. The maximum Gasteiger partial charge on any atom is 0.223 e. The molecule has 4 rings (SSSR count). The van der Waals surface area contributed by atoms with E-state index in [0.29, 0.717) is 6.54 Å². The van der Waals surface area contributed by atoms with Crippen molar-refractivity contribution < 1.29 is 4.79 Å². The van der Waals surface area contributed by atoms with E-state index >= 15 is 0 Å². The Hall–Kier alpha value is -2.63. The second-order valence-electron chi connectivity index (χ2n) is 8.82. The summed E-state index contributed by atoms with van der Waals surface area (Å²) in [5.41, 5.74) is 2.40. The van der Waals surface area contributed by atoms with Gasteiger partial charge in [-0.05, 0) is 61.8 Å². The average molecular weight is 408 g/mol. The lowest BCUT2D eigenvalue weighted by Crippen LogP contribution is -2.41. The predicted octanol–water partition coefficient (Wildman–Crippen LogP) is 3.55. The lowest BCUT2D eigenvalue weighted by molar-refractivity contribution is -0.125. The summed E-state index contributed by atoms with van der Waals surface area (Å²) in [6.07, 6.45) is 4.16. The van der Waals surface area contributed by atoms with Crippen molar-refractivity contribution in [2.24, 2.45) is 11.8 Å². The van der Waals surface area contributed by atoms with Crippen LogP contribution in [0.25, 0.3) is 0 Å². The van der Waals surface area contributed by atoms with Gasteiger partial charge in [0.1, 0.15) is 0 Å². The molecule has 6 nitrogen and oxygen atoms in total. The molecule has 1 amide bonds. The Morgan fingerprint density at radius 3 is 2.07 bits per heavy atom. The second kappa shape index (κ2) is 9.45. The number of nitrogens with zero attached hydrogens (tertiary/aromatic N) is 4. The van der Waals surface area contributed by atoms with Crippen LogP contribution in [-0.4, -0.2) is 42.3 Å². The number of aryl methyl sites for hydroxylation is 1. The van der Waals surface area contributed by atoms with Gasteiger partial charge in [-0.2, -0.15) is 0 Å². The molecule has 2 aliphatic rings. The van der Waals surface area contributed by atoms with E-state index in [1.54, 1.807) is 0 Å². The van der Waals surface area contributed by atoms with Crippen LogP contribution in [0.3, 0.4) is 0 Å². The zero-order valence-electron chi connectivity index (χ0n) is 18.2. The molecule has 0 unspecified atom stereocenters. The van der Waals surface area contributed by atoms with Crippen LogP contribution in [0.2, 0.25) is 0 Å². The van der Waals surface area contributed by atoms with Crippen molar-refractivity contribution in [3.8, 4) is 0 Å². The number of nitrogens with one attached hydrogen (secondary N) is 1. The Bertz CT molecular complexity index is 837. The third-order valence-electron chi connectivity index (χ3n) is 6.65. The topological polar surface area (TPSA) is 61.4 Å². The van der Waals surface area contributed by atoms with Crippen molar-refractivity contribution in [2.75, 3.05) is 36.0 Å². The molecule has 2 aliphatic heterocycles. The van der Waals surface area contributed by atoms with Crippen molar-refractivity contribution in [2.45, 2.75) is 46.1 Å². The Kier molecular flexibility index (Phi) is 6.50. The largest absolute Gasteiger partial charge is 0.355 e. The van der Waals surface area contributed by atoms with Gasteiger partial charge in [0.2, 0.25) is 5.91 Å². The van der Waals surface area contributed by atoms with Crippen molar-refractivity contribution in [3.63, 3.8) is 0 Å². The van der Waals surface area contributed by atoms with Gasteiger partial charge in [0.25, 0.3) is 0 Å². The molecule has 0 radical (unpaired) electrons. The SMILES string of the molecule is Cc1ccccc1CNC(=O)C1CCN(c2ccc(N3CCC(C)CC3)nn2)CC1. The number of aromatic nitrogens is 2. The van der Waals surface area contributed by atoms with Crippen molar-refractivity contribution in [3.05, 3.63) is 47.5 Å². The second-order valence-corrected chi connectivity index (χ2v) is 8.82. The quantitative estimate of drug-likeness (QED) is 0.821. The smallest absolute Gasteiger partial charge is 0.223 e. The highest BCUT2D eigenvalue weighted by atomic mass is 16.1. The summed E-state index contributed by atoms with van der Waals surface area (Å²) >= 11 is 0. The van der Waals surface area contributed by atoms with Gasteiger partial charge in [0.15, 0.2) is 11.6 Å². The molecule has 2 saturated heterocycles. The van der Waals surface area contributed by atoms with E-state index in [0.717, 1.165) is 56.6 Å². The highest BCUT2D eigenvalue weighted by molar-refractivity contribution is 5.79. The number of piperidine rings is 2. The fourth-order valence-electron chi connectivity index (χ4n) is 4.40. The molecule has 2 fully saturated rings. The Balaban J connectivity index is 1.26. The van der Waals surface area contributed by atoms with E-state index in [2.05, 4.69) is 63.4 Å². The molecule has 0 saturated carbocycles. The molecular weight excluding hydrogens is 374 g/mol. The zero-order chi connectivity index (χ0) is 20.9. The van der Waals surface area contributed by atoms with E-state index in [9.17, 15) is 4.79 Å². The summed E-state index contributed by atoms with van der Waals surface area (Å²) in [6.45, 7) is 8.83. The van der Waals surface area contributed by atoms with E-state index < -0.39 is 0 Å². The molecule has 30 heavy (non-hydrogen) atoms. The van der Waals surface area contributed by atoms with E-state index in [1.807, 2.05) is 12.1 Å². The summed E-state index contributed by atoms with van der Waals surface area (Å²) < 4.78 is 0. The highest BCUT2D eigenvalue weighted by Gasteiger charge is 2.26. The van der Waals surface area contributed by atoms with Crippen molar-refractivity contribution in [1.29, 1.82) is 0 Å². The molecule has 3 heterocycles. The molecule has 1 aromatic carbocycles. The third-order valence-corrected chi connectivity index (χ3v) is 6.65. The van der Waals surface area contributed by atoms with E-state index in [-0.39, 0.29) is 11.8 Å². The van der Waals surface area contributed by atoms with Gasteiger partial charge < -0.3 is 15.1 Å². The summed E-state index contributed by atoms with van der Waals surface area (Å²) in [5, 5.41) is 12.1. The fourth-order valence-corrected chi connectivity index (χ4v) is 4.40. The summed E-state index contributed by atoms with van der Waals surface area (Å²) in [5.74, 6) is 2.95. The number of anilines is 2. The first-order valence-electron chi connectivity index (χ1n) is 11.3. The van der Waals surface area contributed by atoms with Gasteiger partial charge in [0, 0.05) is 38.6 Å². The molecule has 0 atom stereocenters. The van der Waals surface area contributed by atoms with Crippen LogP contribution in [0.5, 0.6) is 0 Å². The molecule has 0 spiro atoms. The zero-order valence-corrected chi connectivity index (χ0v) is 18.2. The number of rotatable bonds is 5. The number of carbonyl (C=O) groups excluding carboxylic acids is 1. The van der Waals surface area contributed by atoms with Crippen LogP contribution in [0.1, 0.15) is 43.7 Å². The minimum atomic E-state index is 0.0767. The average Bonchev–Trinajstić information content (AvgIpc) is 2.79.